The van der Waals surface area contributed by atoms with Crippen LogP contribution in [0.2, 0.25) is 0 Å². The first-order valence-corrected chi connectivity index (χ1v) is 5.68. The highest BCUT2D eigenvalue weighted by atomic mass is 16.5. The number of aromatic carboxylic acids is 1. The van der Waals surface area contributed by atoms with Gasteiger partial charge in [0.25, 0.3) is 5.88 Å². The van der Waals surface area contributed by atoms with Crippen LogP contribution in [-0.4, -0.2) is 20.6 Å². The summed E-state index contributed by atoms with van der Waals surface area (Å²) in [5.41, 5.74) is -0.174. The van der Waals surface area contributed by atoms with Gasteiger partial charge in [-0.05, 0) is 31.2 Å². The third kappa shape index (κ3) is 2.79. The number of aryl methyl sites for hydroxylation is 1. The molecule has 1 aromatic carbocycles. The number of nitrogens with zero attached hydrogens (tertiary/aromatic N) is 2. The van der Waals surface area contributed by atoms with Crippen molar-refractivity contribution < 1.29 is 14.6 Å². The summed E-state index contributed by atoms with van der Waals surface area (Å²) in [4.78, 5) is 26.4. The average molecular weight is 260 g/mol. The van der Waals surface area contributed by atoms with E-state index in [1.165, 1.54) is 35.0 Å². The van der Waals surface area contributed by atoms with Crippen LogP contribution >= 0.6 is 0 Å². The topological polar surface area (TPSA) is 81.4 Å². The fourth-order valence-electron chi connectivity index (χ4n) is 1.52. The van der Waals surface area contributed by atoms with Crippen LogP contribution < -0.4 is 10.3 Å². The molecule has 0 aliphatic rings. The van der Waals surface area contributed by atoms with Crippen molar-refractivity contribution in [2.24, 2.45) is 0 Å². The molecule has 19 heavy (non-hydrogen) atoms. The number of hydrogen-bond acceptors (Lipinski definition) is 4. The summed E-state index contributed by atoms with van der Waals surface area (Å²) >= 11 is 0. The van der Waals surface area contributed by atoms with Gasteiger partial charge >= 0.3 is 11.5 Å². The molecular weight excluding hydrogens is 248 g/mol. The molecule has 0 bridgehead atoms. The van der Waals surface area contributed by atoms with E-state index in [2.05, 4.69) is 4.98 Å². The molecule has 1 aromatic heterocycles. The molecule has 0 aliphatic carbocycles. The molecule has 0 radical (unpaired) electrons. The first-order chi connectivity index (χ1) is 9.11. The van der Waals surface area contributed by atoms with E-state index in [4.69, 9.17) is 9.84 Å². The van der Waals surface area contributed by atoms with E-state index >= 15 is 0 Å². The fourth-order valence-corrected chi connectivity index (χ4v) is 1.52. The summed E-state index contributed by atoms with van der Waals surface area (Å²) in [5.74, 6) is -0.686. The van der Waals surface area contributed by atoms with Crippen molar-refractivity contribution in [1.29, 1.82) is 0 Å². The lowest BCUT2D eigenvalue weighted by Crippen LogP contribution is -2.20. The number of aromatic nitrogens is 2. The minimum atomic E-state index is -1.02. The zero-order valence-electron chi connectivity index (χ0n) is 10.2. The molecule has 0 unspecified atom stereocenters. The molecule has 6 heteroatoms. The Kier molecular flexibility index (Phi) is 3.61. The highest BCUT2D eigenvalue weighted by Gasteiger charge is 2.07. The molecule has 2 aromatic rings. The van der Waals surface area contributed by atoms with E-state index < -0.39 is 5.97 Å². The Bertz CT molecular complexity index is 646. The lowest BCUT2D eigenvalue weighted by atomic mass is 10.2. The van der Waals surface area contributed by atoms with Crippen molar-refractivity contribution in [2.75, 3.05) is 0 Å². The van der Waals surface area contributed by atoms with Gasteiger partial charge in [0, 0.05) is 18.9 Å². The second-order valence-corrected chi connectivity index (χ2v) is 3.76. The van der Waals surface area contributed by atoms with E-state index in [1.807, 2.05) is 6.92 Å². The highest BCUT2D eigenvalue weighted by molar-refractivity contribution is 5.87. The van der Waals surface area contributed by atoms with Crippen molar-refractivity contribution in [1.82, 2.24) is 9.55 Å². The predicted molar refractivity (Wildman–Crippen MR) is 67.6 cm³/mol. The molecule has 2 rings (SSSR count). The van der Waals surface area contributed by atoms with E-state index in [0.29, 0.717) is 12.3 Å². The summed E-state index contributed by atoms with van der Waals surface area (Å²) in [6, 6.07) is 5.76. The third-order valence-electron chi connectivity index (χ3n) is 2.54. The van der Waals surface area contributed by atoms with Crippen LogP contribution in [0.5, 0.6) is 11.6 Å². The Morgan fingerprint density at radius 2 is 2.05 bits per heavy atom. The smallest absolute Gasteiger partial charge is 0.335 e. The monoisotopic (exact) mass is 260 g/mol. The Hall–Kier alpha value is -2.63. The summed E-state index contributed by atoms with van der Waals surface area (Å²) in [6.07, 6.45) is 3.05. The third-order valence-corrected chi connectivity index (χ3v) is 2.54. The lowest BCUT2D eigenvalue weighted by molar-refractivity contribution is 0.0697. The van der Waals surface area contributed by atoms with Gasteiger partial charge in [-0.15, -0.1) is 0 Å². The van der Waals surface area contributed by atoms with Crippen LogP contribution in [0.3, 0.4) is 0 Å². The predicted octanol–water partition coefficient (Wildman–Crippen LogP) is 1.75. The van der Waals surface area contributed by atoms with Crippen molar-refractivity contribution in [3.05, 3.63) is 52.6 Å². The van der Waals surface area contributed by atoms with Gasteiger partial charge in [-0.2, -0.15) is 0 Å². The lowest BCUT2D eigenvalue weighted by Gasteiger charge is -2.06. The Labute approximate surface area is 108 Å². The van der Waals surface area contributed by atoms with Crippen LogP contribution in [0, 0.1) is 0 Å². The second kappa shape index (κ2) is 5.34. The number of carboxylic acids is 1. The van der Waals surface area contributed by atoms with Gasteiger partial charge in [0.2, 0.25) is 0 Å². The molecule has 98 valence electrons. The van der Waals surface area contributed by atoms with Gasteiger partial charge in [0.1, 0.15) is 5.75 Å². The van der Waals surface area contributed by atoms with Gasteiger partial charge in [-0.1, -0.05) is 0 Å². The Balaban J connectivity index is 2.26. The van der Waals surface area contributed by atoms with Gasteiger partial charge in [-0.25, -0.2) is 9.78 Å². The van der Waals surface area contributed by atoms with Crippen molar-refractivity contribution in [3.8, 4) is 11.6 Å². The van der Waals surface area contributed by atoms with Crippen LogP contribution in [0.15, 0.2) is 41.5 Å². The van der Waals surface area contributed by atoms with E-state index in [9.17, 15) is 9.59 Å². The minimum absolute atomic E-state index is 0.0348. The number of carbonyl (C=O) groups is 1. The molecule has 1 N–H and O–H groups in total. The van der Waals surface area contributed by atoms with Crippen molar-refractivity contribution in [3.63, 3.8) is 0 Å². The maximum atomic E-state index is 11.9. The van der Waals surface area contributed by atoms with Crippen LogP contribution in [0.1, 0.15) is 17.3 Å². The van der Waals surface area contributed by atoms with Gasteiger partial charge in [0.05, 0.1) is 5.56 Å². The first-order valence-electron chi connectivity index (χ1n) is 5.68. The van der Waals surface area contributed by atoms with E-state index in [-0.39, 0.29) is 17.0 Å². The second-order valence-electron chi connectivity index (χ2n) is 3.76. The van der Waals surface area contributed by atoms with Crippen LogP contribution in [0.4, 0.5) is 0 Å². The van der Waals surface area contributed by atoms with Crippen molar-refractivity contribution in [2.45, 2.75) is 13.5 Å². The molecule has 1 heterocycles. The Morgan fingerprint density at radius 3 is 2.63 bits per heavy atom. The SMILES string of the molecule is CCn1ccnc(Oc2ccc(C(=O)O)cc2)c1=O. The molecule has 6 nitrogen and oxygen atoms in total. The summed E-state index contributed by atoms with van der Waals surface area (Å²) in [6.45, 7) is 2.36. The maximum absolute atomic E-state index is 11.9. The Morgan fingerprint density at radius 1 is 1.37 bits per heavy atom. The average Bonchev–Trinajstić information content (AvgIpc) is 2.42. The largest absolute Gasteiger partial charge is 0.478 e. The quantitative estimate of drug-likeness (QED) is 0.905. The van der Waals surface area contributed by atoms with Gasteiger partial charge in [-0.3, -0.25) is 4.79 Å². The summed E-state index contributed by atoms with van der Waals surface area (Å²) < 4.78 is 6.82. The summed E-state index contributed by atoms with van der Waals surface area (Å²) in [7, 11) is 0. The number of hydrogen-bond donors (Lipinski definition) is 1. The minimum Gasteiger partial charge on any atom is -0.478 e. The number of rotatable bonds is 4. The number of ether oxygens (including phenoxy) is 1. The molecule has 0 atom stereocenters. The maximum Gasteiger partial charge on any atom is 0.335 e. The van der Waals surface area contributed by atoms with E-state index in [1.54, 1.807) is 6.20 Å². The molecular formula is C13H12N2O4. The zero-order valence-corrected chi connectivity index (χ0v) is 10.2. The van der Waals surface area contributed by atoms with E-state index in [0.717, 1.165) is 0 Å². The molecule has 0 aliphatic heterocycles. The van der Waals surface area contributed by atoms with Crippen LogP contribution in [0.25, 0.3) is 0 Å². The number of benzene rings is 1. The normalized spacial score (nSPS) is 10.2. The highest BCUT2D eigenvalue weighted by Crippen LogP contribution is 2.17. The van der Waals surface area contributed by atoms with Crippen molar-refractivity contribution >= 4 is 5.97 Å². The zero-order chi connectivity index (χ0) is 13.8. The number of carboxylic acid groups (broad SMARTS) is 1. The first kappa shape index (κ1) is 12.8. The molecule has 0 amide bonds. The van der Waals surface area contributed by atoms with Gasteiger partial charge in [0.15, 0.2) is 0 Å². The fraction of sp³-hybridized carbons (Fsp3) is 0.154. The molecule has 0 saturated carbocycles. The van der Waals surface area contributed by atoms with Gasteiger partial charge < -0.3 is 14.4 Å². The molecule has 0 fully saturated rings. The molecule has 0 saturated heterocycles. The standard InChI is InChI=1S/C13H12N2O4/c1-2-15-8-7-14-11(12(15)16)19-10-5-3-9(4-6-10)13(17)18/h3-8H,2H2,1H3,(H,17,18). The summed E-state index contributed by atoms with van der Waals surface area (Å²) in [5, 5.41) is 8.77. The van der Waals surface area contributed by atoms with Crippen LogP contribution in [-0.2, 0) is 6.54 Å². The molecule has 0 spiro atoms.